The van der Waals surface area contributed by atoms with E-state index in [1.807, 2.05) is 0 Å². The smallest absolute Gasteiger partial charge is 0.288 e. The maximum Gasteiger partial charge on any atom is 0.501 e. The molecule has 0 saturated heterocycles. The summed E-state index contributed by atoms with van der Waals surface area (Å²) < 4.78 is 37.3. The Morgan fingerprint density at radius 1 is 1.35 bits per heavy atom. The molecule has 0 atom stereocenters. The van der Waals surface area contributed by atoms with E-state index in [0.29, 0.717) is 0 Å². The number of nitrogens with zero attached hydrogens (tertiary/aromatic N) is 4. The molecule has 2 heterocycles. The van der Waals surface area contributed by atoms with Gasteiger partial charge in [-0.05, 0) is 12.1 Å². The second-order valence-corrected chi connectivity index (χ2v) is 3.94. The fourth-order valence-electron chi connectivity index (χ4n) is 1.25. The van der Waals surface area contributed by atoms with Gasteiger partial charge in [-0.3, -0.25) is 9.97 Å². The zero-order chi connectivity index (χ0) is 14.9. The monoisotopic (exact) mass is 306 g/mol. The molecule has 11 heteroatoms. The van der Waals surface area contributed by atoms with Crippen LogP contribution in [0.5, 0.6) is 0 Å². The molecule has 2 aromatic rings. The minimum Gasteiger partial charge on any atom is -0.288 e. The Morgan fingerprint density at radius 3 is 2.65 bits per heavy atom. The van der Waals surface area contributed by atoms with Gasteiger partial charge in [-0.25, -0.2) is 10.6 Å². The van der Waals surface area contributed by atoms with Crippen LogP contribution in [0, 0.1) is 0 Å². The normalized spacial score (nSPS) is 11.4. The molecule has 0 aliphatic heterocycles. The lowest BCUT2D eigenvalue weighted by Crippen LogP contribution is -2.46. The molecular formula is C9H6ClF3N6O. The zero-order valence-corrected chi connectivity index (χ0v) is 10.3. The van der Waals surface area contributed by atoms with Crippen LogP contribution in [-0.4, -0.2) is 26.2 Å². The summed E-state index contributed by atoms with van der Waals surface area (Å²) in [6.45, 7) is 0. The first-order chi connectivity index (χ1) is 9.27. The Balaban J connectivity index is 2.52. The summed E-state index contributed by atoms with van der Waals surface area (Å²) in [5.41, 5.74) is -0.972. The van der Waals surface area contributed by atoms with E-state index < -0.39 is 22.9 Å². The number of pyridine rings is 1. The highest BCUT2D eigenvalue weighted by Gasteiger charge is 2.38. The van der Waals surface area contributed by atoms with E-state index in [1.54, 1.807) is 0 Å². The Bertz CT molecular complexity index is 688. The molecule has 7 nitrogen and oxygen atoms in total. The molecule has 0 spiro atoms. The van der Waals surface area contributed by atoms with Crippen molar-refractivity contribution in [3.63, 3.8) is 0 Å². The number of nitrogens with two attached hydrogens (primary N) is 1. The van der Waals surface area contributed by atoms with E-state index in [9.17, 15) is 18.0 Å². The SMILES string of the molecule is NN(c1nc(-c2cc(Cl)ccn2)[nH]c(=O)n1)C(F)(F)F. The predicted octanol–water partition coefficient (Wildman–Crippen LogP) is 1.08. The quantitative estimate of drug-likeness (QED) is 0.489. The van der Waals surface area contributed by atoms with Gasteiger partial charge < -0.3 is 0 Å². The van der Waals surface area contributed by atoms with Crippen LogP contribution in [0.4, 0.5) is 19.1 Å². The van der Waals surface area contributed by atoms with Gasteiger partial charge in [0.15, 0.2) is 5.82 Å². The summed E-state index contributed by atoms with van der Waals surface area (Å²) in [6.07, 6.45) is -3.62. The molecule has 2 rings (SSSR count). The van der Waals surface area contributed by atoms with Gasteiger partial charge in [0.2, 0.25) is 0 Å². The van der Waals surface area contributed by atoms with Crippen LogP contribution in [0.2, 0.25) is 5.02 Å². The Labute approximate surface area is 114 Å². The molecule has 20 heavy (non-hydrogen) atoms. The van der Waals surface area contributed by atoms with E-state index in [2.05, 4.69) is 19.9 Å². The topological polar surface area (TPSA) is 101 Å². The lowest BCUT2D eigenvalue weighted by Gasteiger charge is -2.18. The van der Waals surface area contributed by atoms with Crippen molar-refractivity contribution in [3.8, 4) is 11.5 Å². The van der Waals surface area contributed by atoms with Crippen molar-refractivity contribution in [2.45, 2.75) is 6.30 Å². The average Bonchev–Trinajstić information content (AvgIpc) is 2.36. The molecule has 2 aromatic heterocycles. The number of aromatic amines is 1. The summed E-state index contributed by atoms with van der Waals surface area (Å²) in [7, 11) is 0. The summed E-state index contributed by atoms with van der Waals surface area (Å²) in [5.74, 6) is 3.57. The first-order valence-electron chi connectivity index (χ1n) is 4.99. The third kappa shape index (κ3) is 3.03. The fourth-order valence-corrected chi connectivity index (χ4v) is 1.41. The van der Waals surface area contributed by atoms with Crippen molar-refractivity contribution in [1.29, 1.82) is 0 Å². The standard InChI is InChI=1S/C9H6ClF3N6O/c10-4-1-2-15-5(3-4)6-16-7(18-8(20)17-6)19(14)9(11,12)13/h1-3H,14H2,(H,16,17,18,20). The number of alkyl halides is 3. The molecule has 0 unspecified atom stereocenters. The van der Waals surface area contributed by atoms with E-state index in [0.717, 1.165) is 0 Å². The number of hydrogen-bond donors (Lipinski definition) is 2. The first kappa shape index (κ1) is 14.2. The van der Waals surface area contributed by atoms with Crippen LogP contribution in [0.15, 0.2) is 23.1 Å². The highest BCUT2D eigenvalue weighted by Crippen LogP contribution is 2.22. The molecule has 0 bridgehead atoms. The zero-order valence-electron chi connectivity index (χ0n) is 9.52. The number of nitrogens with one attached hydrogen (secondary N) is 1. The van der Waals surface area contributed by atoms with Gasteiger partial charge in [-0.15, -0.1) is 13.2 Å². The van der Waals surface area contributed by atoms with Crippen LogP contribution in [0.3, 0.4) is 0 Å². The second kappa shape index (κ2) is 5.06. The minimum absolute atomic E-state index is 0.0776. The molecule has 106 valence electrons. The number of anilines is 1. The summed E-state index contributed by atoms with van der Waals surface area (Å²) >= 11 is 5.72. The van der Waals surface area contributed by atoms with Crippen LogP contribution in [0.1, 0.15) is 0 Å². The summed E-state index contributed by atoms with van der Waals surface area (Å²) in [6, 6.07) is 2.77. The van der Waals surface area contributed by atoms with Crippen molar-refractivity contribution in [1.82, 2.24) is 19.9 Å². The average molecular weight is 307 g/mol. The maximum atomic E-state index is 12.4. The number of halogens is 4. The van der Waals surface area contributed by atoms with Crippen LogP contribution < -0.4 is 16.5 Å². The van der Waals surface area contributed by atoms with Gasteiger partial charge in [-0.1, -0.05) is 11.6 Å². The Hall–Kier alpha value is -2.20. The van der Waals surface area contributed by atoms with Gasteiger partial charge in [0.1, 0.15) is 5.69 Å². The van der Waals surface area contributed by atoms with Gasteiger partial charge in [-0.2, -0.15) is 15.0 Å². The number of H-pyrrole nitrogens is 1. The van der Waals surface area contributed by atoms with Gasteiger partial charge >= 0.3 is 12.0 Å². The largest absolute Gasteiger partial charge is 0.501 e. The van der Waals surface area contributed by atoms with E-state index in [1.165, 1.54) is 18.3 Å². The van der Waals surface area contributed by atoms with Crippen molar-refractivity contribution >= 4 is 17.5 Å². The van der Waals surface area contributed by atoms with E-state index in [4.69, 9.17) is 17.4 Å². The maximum absolute atomic E-state index is 12.4. The fraction of sp³-hybridized carbons (Fsp3) is 0.111. The minimum atomic E-state index is -4.92. The number of aromatic nitrogens is 4. The summed E-state index contributed by atoms with van der Waals surface area (Å²) in [5, 5.41) is -0.396. The van der Waals surface area contributed by atoms with Crippen molar-refractivity contribution in [2.75, 3.05) is 5.01 Å². The third-order valence-corrected chi connectivity index (χ3v) is 2.33. The van der Waals surface area contributed by atoms with Crippen LogP contribution >= 0.6 is 11.6 Å². The highest BCUT2D eigenvalue weighted by molar-refractivity contribution is 6.30. The second-order valence-electron chi connectivity index (χ2n) is 3.50. The molecule has 0 amide bonds. The predicted molar refractivity (Wildman–Crippen MR) is 63.6 cm³/mol. The van der Waals surface area contributed by atoms with Crippen LogP contribution in [0.25, 0.3) is 11.5 Å². The molecule has 3 N–H and O–H groups in total. The van der Waals surface area contributed by atoms with E-state index >= 15 is 0 Å². The summed E-state index contributed by atoms with van der Waals surface area (Å²) in [4.78, 5) is 23.8. The van der Waals surface area contributed by atoms with Gasteiger partial charge in [0.25, 0.3) is 5.95 Å². The van der Waals surface area contributed by atoms with Crippen molar-refractivity contribution in [2.24, 2.45) is 5.84 Å². The third-order valence-electron chi connectivity index (χ3n) is 2.09. The number of hydrazine groups is 1. The Morgan fingerprint density at radius 2 is 2.05 bits per heavy atom. The molecule has 0 aliphatic carbocycles. The number of rotatable bonds is 2. The highest BCUT2D eigenvalue weighted by atomic mass is 35.5. The van der Waals surface area contributed by atoms with Gasteiger partial charge in [0.05, 0.1) is 0 Å². The molecule has 0 saturated carbocycles. The van der Waals surface area contributed by atoms with Crippen molar-refractivity contribution < 1.29 is 13.2 Å². The van der Waals surface area contributed by atoms with Crippen LogP contribution in [-0.2, 0) is 0 Å². The molecule has 0 aliphatic rings. The molecule has 0 fully saturated rings. The molecular weight excluding hydrogens is 301 g/mol. The lowest BCUT2D eigenvalue weighted by molar-refractivity contribution is -0.130. The number of hydrogen-bond acceptors (Lipinski definition) is 6. The lowest BCUT2D eigenvalue weighted by atomic mass is 10.3. The Kier molecular flexibility index (Phi) is 3.59. The van der Waals surface area contributed by atoms with E-state index in [-0.39, 0.29) is 16.5 Å². The molecule has 0 radical (unpaired) electrons. The van der Waals surface area contributed by atoms with Crippen molar-refractivity contribution in [3.05, 3.63) is 33.8 Å². The first-order valence-corrected chi connectivity index (χ1v) is 5.37. The molecule has 0 aromatic carbocycles. The van der Waals surface area contributed by atoms with Gasteiger partial charge in [0, 0.05) is 11.2 Å².